The topological polar surface area (TPSA) is 43.6 Å². The highest BCUT2D eigenvalue weighted by atomic mass is 35.5. The molecule has 0 fully saturated rings. The molecule has 17 heavy (non-hydrogen) atoms. The zero-order valence-electron chi connectivity index (χ0n) is 8.99. The first-order valence-electron chi connectivity index (χ1n) is 5.04. The fourth-order valence-electron chi connectivity index (χ4n) is 1.44. The van der Waals surface area contributed by atoms with Gasteiger partial charge in [-0.1, -0.05) is 46.9 Å². The Morgan fingerprint density at radius 1 is 1.24 bits per heavy atom. The van der Waals surface area contributed by atoms with Crippen molar-refractivity contribution < 1.29 is 0 Å². The van der Waals surface area contributed by atoms with Crippen LogP contribution in [0.3, 0.4) is 0 Å². The van der Waals surface area contributed by atoms with Gasteiger partial charge in [0.2, 0.25) is 0 Å². The maximum Gasteiger partial charge on any atom is 0.148 e. The van der Waals surface area contributed by atoms with Crippen LogP contribution in [0.1, 0.15) is 13.3 Å². The summed E-state index contributed by atoms with van der Waals surface area (Å²) >= 11 is 17.8. The number of hydrogen-bond donors (Lipinski definition) is 0. The third-order valence-electron chi connectivity index (χ3n) is 2.18. The van der Waals surface area contributed by atoms with Crippen LogP contribution in [0, 0.1) is 0 Å². The van der Waals surface area contributed by atoms with Gasteiger partial charge in [0, 0.05) is 6.54 Å². The summed E-state index contributed by atoms with van der Waals surface area (Å²) in [6.07, 6.45) is 2.55. The van der Waals surface area contributed by atoms with Gasteiger partial charge in [-0.2, -0.15) is 0 Å². The molecular formula is C10H9Cl3N4. The van der Waals surface area contributed by atoms with E-state index in [1.54, 1.807) is 16.9 Å². The molecule has 0 unspecified atom stereocenters. The van der Waals surface area contributed by atoms with Crippen LogP contribution >= 0.6 is 34.8 Å². The molecule has 0 atom stereocenters. The molecule has 2 aromatic heterocycles. The van der Waals surface area contributed by atoms with Crippen molar-refractivity contribution in [1.29, 1.82) is 0 Å². The molecule has 0 aliphatic heterocycles. The van der Waals surface area contributed by atoms with Crippen LogP contribution in [0.4, 0.5) is 0 Å². The Morgan fingerprint density at radius 2 is 2.00 bits per heavy atom. The van der Waals surface area contributed by atoms with Gasteiger partial charge in [-0.05, 0) is 12.5 Å². The van der Waals surface area contributed by atoms with Crippen molar-refractivity contribution in [3.05, 3.63) is 27.5 Å². The summed E-state index contributed by atoms with van der Waals surface area (Å²) in [6.45, 7) is 2.79. The van der Waals surface area contributed by atoms with E-state index in [4.69, 9.17) is 34.8 Å². The highest BCUT2D eigenvalue weighted by molar-refractivity contribution is 6.42. The summed E-state index contributed by atoms with van der Waals surface area (Å²) < 4.78 is 1.73. The number of rotatable bonds is 3. The van der Waals surface area contributed by atoms with E-state index in [1.165, 1.54) is 0 Å². The molecule has 0 N–H and O–H groups in total. The average Bonchev–Trinajstić information content (AvgIpc) is 2.72. The van der Waals surface area contributed by atoms with Crippen molar-refractivity contribution in [2.75, 3.05) is 0 Å². The third-order valence-corrected chi connectivity index (χ3v) is 3.14. The highest BCUT2D eigenvalue weighted by Crippen LogP contribution is 2.31. The van der Waals surface area contributed by atoms with E-state index in [9.17, 15) is 0 Å². The Balaban J connectivity index is 2.52. The Hall–Kier alpha value is -0.840. The van der Waals surface area contributed by atoms with Crippen molar-refractivity contribution in [1.82, 2.24) is 20.0 Å². The number of aryl methyl sites for hydroxylation is 1. The van der Waals surface area contributed by atoms with Crippen LogP contribution in [0.2, 0.25) is 15.2 Å². The minimum Gasteiger partial charge on any atom is -0.243 e. The molecule has 0 aliphatic rings. The Kier molecular flexibility index (Phi) is 3.86. The van der Waals surface area contributed by atoms with Gasteiger partial charge in [-0.25, -0.2) is 9.67 Å². The minimum absolute atomic E-state index is 0.218. The second-order valence-corrected chi connectivity index (χ2v) is 4.61. The maximum atomic E-state index is 6.09. The number of halogens is 3. The summed E-state index contributed by atoms with van der Waals surface area (Å²) in [4.78, 5) is 4.16. The van der Waals surface area contributed by atoms with Crippen molar-refractivity contribution in [3.63, 3.8) is 0 Å². The SMILES string of the molecule is CCCn1nncc1-c1nc(Cl)c(Cl)cc1Cl. The second kappa shape index (κ2) is 5.21. The molecule has 0 saturated heterocycles. The fourth-order valence-corrected chi connectivity index (χ4v) is 2.04. The molecule has 2 rings (SSSR count). The molecule has 0 saturated carbocycles. The predicted molar refractivity (Wildman–Crippen MR) is 68.6 cm³/mol. The number of hydrogen-bond acceptors (Lipinski definition) is 3. The lowest BCUT2D eigenvalue weighted by atomic mass is 10.3. The Morgan fingerprint density at radius 3 is 2.71 bits per heavy atom. The van der Waals surface area contributed by atoms with Crippen molar-refractivity contribution in [2.24, 2.45) is 0 Å². The van der Waals surface area contributed by atoms with Crippen LogP contribution in [0.15, 0.2) is 12.3 Å². The molecule has 2 aromatic rings. The molecule has 0 amide bonds. The lowest BCUT2D eigenvalue weighted by Gasteiger charge is -2.07. The van der Waals surface area contributed by atoms with E-state index in [-0.39, 0.29) is 5.15 Å². The summed E-state index contributed by atoms with van der Waals surface area (Å²) in [5, 5.41) is 8.79. The third kappa shape index (κ3) is 2.54. The largest absolute Gasteiger partial charge is 0.243 e. The Bertz CT molecular complexity index is 538. The van der Waals surface area contributed by atoms with E-state index in [1.807, 2.05) is 0 Å². The summed E-state index contributed by atoms with van der Waals surface area (Å²) in [5.74, 6) is 0. The van der Waals surface area contributed by atoms with E-state index >= 15 is 0 Å². The van der Waals surface area contributed by atoms with Gasteiger partial charge in [0.05, 0.1) is 16.2 Å². The van der Waals surface area contributed by atoms with Crippen LogP contribution in [0.5, 0.6) is 0 Å². The second-order valence-electron chi connectivity index (χ2n) is 3.43. The number of nitrogens with zero attached hydrogens (tertiary/aromatic N) is 4. The van der Waals surface area contributed by atoms with E-state index in [2.05, 4.69) is 22.2 Å². The molecule has 0 aliphatic carbocycles. The summed E-state index contributed by atoms with van der Waals surface area (Å²) in [5.41, 5.74) is 1.27. The molecule has 7 heteroatoms. The van der Waals surface area contributed by atoms with Gasteiger partial charge in [0.25, 0.3) is 0 Å². The molecule has 0 spiro atoms. The van der Waals surface area contributed by atoms with Gasteiger partial charge >= 0.3 is 0 Å². The zero-order chi connectivity index (χ0) is 12.4. The number of aromatic nitrogens is 4. The molecule has 0 bridgehead atoms. The normalized spacial score (nSPS) is 10.8. The highest BCUT2D eigenvalue weighted by Gasteiger charge is 2.14. The number of pyridine rings is 1. The Labute approximate surface area is 114 Å². The van der Waals surface area contributed by atoms with Crippen LogP contribution in [-0.2, 0) is 6.54 Å². The smallest absolute Gasteiger partial charge is 0.148 e. The first kappa shape index (κ1) is 12.6. The molecule has 4 nitrogen and oxygen atoms in total. The van der Waals surface area contributed by atoms with E-state index < -0.39 is 0 Å². The predicted octanol–water partition coefficient (Wildman–Crippen LogP) is 3.71. The van der Waals surface area contributed by atoms with Gasteiger partial charge in [0.1, 0.15) is 16.5 Å². The van der Waals surface area contributed by atoms with Crippen molar-refractivity contribution >= 4 is 34.8 Å². The first-order chi connectivity index (χ1) is 8.13. The lowest BCUT2D eigenvalue weighted by molar-refractivity contribution is 0.583. The molecule has 90 valence electrons. The quantitative estimate of drug-likeness (QED) is 0.810. The summed E-state index contributed by atoms with van der Waals surface area (Å²) in [6, 6.07) is 1.57. The monoisotopic (exact) mass is 290 g/mol. The standard InChI is InChI=1S/C10H9Cl3N4/c1-2-3-17-8(5-14-16-17)9-6(11)4-7(12)10(13)15-9/h4-5H,2-3H2,1H3. The van der Waals surface area contributed by atoms with E-state index in [0.29, 0.717) is 15.7 Å². The first-order valence-corrected chi connectivity index (χ1v) is 6.17. The average molecular weight is 292 g/mol. The lowest BCUT2D eigenvalue weighted by Crippen LogP contribution is -2.03. The molecule has 2 heterocycles. The molecular weight excluding hydrogens is 282 g/mol. The van der Waals surface area contributed by atoms with Crippen LogP contribution in [-0.4, -0.2) is 20.0 Å². The molecule has 0 aromatic carbocycles. The van der Waals surface area contributed by atoms with Crippen molar-refractivity contribution in [2.45, 2.75) is 19.9 Å². The van der Waals surface area contributed by atoms with E-state index in [0.717, 1.165) is 18.7 Å². The summed E-state index contributed by atoms with van der Waals surface area (Å²) in [7, 11) is 0. The zero-order valence-corrected chi connectivity index (χ0v) is 11.3. The maximum absolute atomic E-state index is 6.09. The van der Waals surface area contributed by atoms with Gasteiger partial charge < -0.3 is 0 Å². The van der Waals surface area contributed by atoms with Gasteiger partial charge in [0.15, 0.2) is 0 Å². The van der Waals surface area contributed by atoms with Gasteiger partial charge in [-0.3, -0.25) is 0 Å². The van der Waals surface area contributed by atoms with Crippen LogP contribution in [0.25, 0.3) is 11.4 Å². The van der Waals surface area contributed by atoms with Crippen LogP contribution < -0.4 is 0 Å². The van der Waals surface area contributed by atoms with Crippen molar-refractivity contribution in [3.8, 4) is 11.4 Å². The fraction of sp³-hybridized carbons (Fsp3) is 0.300. The minimum atomic E-state index is 0.218. The van der Waals surface area contributed by atoms with Gasteiger partial charge in [-0.15, -0.1) is 5.10 Å². The molecule has 0 radical (unpaired) electrons.